The van der Waals surface area contributed by atoms with E-state index in [0.29, 0.717) is 12.5 Å². The Labute approximate surface area is 170 Å². The van der Waals surface area contributed by atoms with Crippen LogP contribution < -0.4 is 0 Å². The predicted octanol–water partition coefficient (Wildman–Crippen LogP) is 2.81. The molecule has 1 aromatic carbocycles. The van der Waals surface area contributed by atoms with E-state index in [-0.39, 0.29) is 11.9 Å². The molecule has 0 spiro atoms. The zero-order valence-electron chi connectivity index (χ0n) is 18.1. The molecule has 3 atom stereocenters. The van der Waals surface area contributed by atoms with Crippen LogP contribution in [0, 0.1) is 5.92 Å². The van der Waals surface area contributed by atoms with E-state index in [1.54, 1.807) is 0 Å². The molecule has 0 radical (unpaired) electrons. The zero-order chi connectivity index (χ0) is 20.1. The average molecular weight is 388 g/mol. The van der Waals surface area contributed by atoms with Gasteiger partial charge < -0.3 is 9.64 Å². The second kappa shape index (κ2) is 9.38. The zero-order valence-corrected chi connectivity index (χ0v) is 18.1. The van der Waals surface area contributed by atoms with E-state index in [1.165, 1.54) is 0 Å². The Morgan fingerprint density at radius 1 is 1.11 bits per heavy atom. The Kier molecular flexibility index (Phi) is 7.13. The van der Waals surface area contributed by atoms with Crippen molar-refractivity contribution >= 4 is 5.97 Å². The minimum absolute atomic E-state index is 0.103. The van der Waals surface area contributed by atoms with Gasteiger partial charge in [0.2, 0.25) is 0 Å². The lowest BCUT2D eigenvalue weighted by Crippen LogP contribution is -2.56. The number of likely N-dealkylation sites (tertiary alicyclic amines) is 1. The molecule has 28 heavy (non-hydrogen) atoms. The highest BCUT2D eigenvalue weighted by Gasteiger charge is 2.47. The molecule has 2 aliphatic rings. The highest BCUT2D eigenvalue weighted by molar-refractivity contribution is 5.69. The van der Waals surface area contributed by atoms with Crippen molar-refractivity contribution in [2.75, 3.05) is 52.9 Å². The van der Waals surface area contributed by atoms with Gasteiger partial charge in [-0.1, -0.05) is 44.2 Å². The Hall–Kier alpha value is -1.43. The number of likely N-dealkylation sites (N-methyl/N-ethyl adjacent to an activating group) is 1. The third-order valence-electron chi connectivity index (χ3n) is 6.67. The fourth-order valence-electron chi connectivity index (χ4n) is 4.70. The first-order chi connectivity index (χ1) is 13.4. The molecule has 0 bridgehead atoms. The van der Waals surface area contributed by atoms with Crippen LogP contribution in [0.4, 0.5) is 0 Å². The summed E-state index contributed by atoms with van der Waals surface area (Å²) in [6, 6.07) is 10.7. The molecule has 0 aromatic heterocycles. The molecule has 5 heteroatoms. The SMILES string of the molecule is CCC(=O)OC1(c2ccccc2)CC(C)N(CCN2CCN(C)CC2)CC1C. The van der Waals surface area contributed by atoms with E-state index in [0.717, 1.165) is 57.8 Å². The smallest absolute Gasteiger partial charge is 0.306 e. The molecule has 5 nitrogen and oxygen atoms in total. The first-order valence-corrected chi connectivity index (χ1v) is 10.9. The van der Waals surface area contributed by atoms with Gasteiger partial charge in [0.1, 0.15) is 5.60 Å². The van der Waals surface area contributed by atoms with E-state index in [4.69, 9.17) is 4.74 Å². The van der Waals surface area contributed by atoms with E-state index in [1.807, 2.05) is 25.1 Å². The van der Waals surface area contributed by atoms with Gasteiger partial charge in [-0.25, -0.2) is 0 Å². The monoisotopic (exact) mass is 387 g/mol. The number of piperazine rings is 1. The summed E-state index contributed by atoms with van der Waals surface area (Å²) in [5.41, 5.74) is 0.618. The third kappa shape index (κ3) is 4.76. The number of piperidine rings is 1. The third-order valence-corrected chi connectivity index (χ3v) is 6.67. The molecule has 0 aliphatic carbocycles. The van der Waals surface area contributed by atoms with Crippen molar-refractivity contribution in [3.05, 3.63) is 35.9 Å². The topological polar surface area (TPSA) is 36.0 Å². The van der Waals surface area contributed by atoms with Gasteiger partial charge in [0, 0.05) is 70.6 Å². The average Bonchev–Trinajstić information content (AvgIpc) is 2.71. The van der Waals surface area contributed by atoms with E-state index < -0.39 is 5.60 Å². The second-order valence-corrected chi connectivity index (χ2v) is 8.68. The van der Waals surface area contributed by atoms with Crippen molar-refractivity contribution in [1.29, 1.82) is 0 Å². The van der Waals surface area contributed by atoms with Crippen LogP contribution in [0.25, 0.3) is 0 Å². The summed E-state index contributed by atoms with van der Waals surface area (Å²) in [7, 11) is 2.20. The lowest BCUT2D eigenvalue weighted by Gasteiger charge is -2.49. The highest BCUT2D eigenvalue weighted by Crippen LogP contribution is 2.43. The Morgan fingerprint density at radius 3 is 2.43 bits per heavy atom. The summed E-state index contributed by atoms with van der Waals surface area (Å²) >= 11 is 0. The number of carbonyl (C=O) groups excluding carboxylic acids is 1. The van der Waals surface area contributed by atoms with Gasteiger partial charge in [-0.15, -0.1) is 0 Å². The molecule has 156 valence electrons. The van der Waals surface area contributed by atoms with Crippen LogP contribution in [-0.4, -0.2) is 79.6 Å². The van der Waals surface area contributed by atoms with Gasteiger partial charge >= 0.3 is 5.97 Å². The maximum Gasteiger partial charge on any atom is 0.306 e. The molecular weight excluding hydrogens is 350 g/mol. The Balaban J connectivity index is 1.69. The van der Waals surface area contributed by atoms with Crippen LogP contribution in [0.5, 0.6) is 0 Å². The number of esters is 1. The predicted molar refractivity (Wildman–Crippen MR) is 113 cm³/mol. The van der Waals surface area contributed by atoms with E-state index in [2.05, 4.69) is 47.7 Å². The number of hydrogen-bond acceptors (Lipinski definition) is 5. The molecule has 2 fully saturated rings. The molecular formula is C23H37N3O2. The lowest BCUT2D eigenvalue weighted by molar-refractivity contribution is -0.178. The van der Waals surface area contributed by atoms with Crippen molar-refractivity contribution in [3.63, 3.8) is 0 Å². The van der Waals surface area contributed by atoms with Crippen LogP contribution in [0.3, 0.4) is 0 Å². The van der Waals surface area contributed by atoms with Crippen molar-refractivity contribution in [2.24, 2.45) is 5.92 Å². The van der Waals surface area contributed by atoms with Crippen LogP contribution >= 0.6 is 0 Å². The highest BCUT2D eigenvalue weighted by atomic mass is 16.6. The maximum absolute atomic E-state index is 12.3. The number of hydrogen-bond donors (Lipinski definition) is 0. The minimum Gasteiger partial charge on any atom is -0.454 e. The van der Waals surface area contributed by atoms with Gasteiger partial charge in [-0.3, -0.25) is 14.6 Å². The first-order valence-electron chi connectivity index (χ1n) is 10.9. The quantitative estimate of drug-likeness (QED) is 0.702. The van der Waals surface area contributed by atoms with Crippen LogP contribution in [0.2, 0.25) is 0 Å². The lowest BCUT2D eigenvalue weighted by atomic mass is 9.74. The van der Waals surface area contributed by atoms with Crippen LogP contribution in [0.1, 0.15) is 39.2 Å². The van der Waals surface area contributed by atoms with Crippen molar-refractivity contribution in [2.45, 2.75) is 45.3 Å². The molecule has 0 saturated carbocycles. The largest absolute Gasteiger partial charge is 0.454 e. The van der Waals surface area contributed by atoms with Crippen molar-refractivity contribution in [3.8, 4) is 0 Å². The number of benzene rings is 1. The van der Waals surface area contributed by atoms with Gasteiger partial charge in [0.25, 0.3) is 0 Å². The summed E-state index contributed by atoms with van der Waals surface area (Å²) in [6.07, 6.45) is 1.27. The summed E-state index contributed by atoms with van der Waals surface area (Å²) in [5, 5.41) is 0. The molecule has 1 aromatic rings. The van der Waals surface area contributed by atoms with E-state index in [9.17, 15) is 4.79 Å². The molecule has 2 saturated heterocycles. The summed E-state index contributed by atoms with van der Waals surface area (Å²) in [4.78, 5) is 19.9. The molecule has 0 N–H and O–H groups in total. The molecule has 3 unspecified atom stereocenters. The van der Waals surface area contributed by atoms with E-state index >= 15 is 0 Å². The van der Waals surface area contributed by atoms with Crippen LogP contribution in [-0.2, 0) is 15.1 Å². The maximum atomic E-state index is 12.3. The fourth-order valence-corrected chi connectivity index (χ4v) is 4.70. The van der Waals surface area contributed by atoms with Gasteiger partial charge in [0.05, 0.1) is 0 Å². The van der Waals surface area contributed by atoms with Gasteiger partial charge in [-0.2, -0.15) is 0 Å². The van der Waals surface area contributed by atoms with Crippen molar-refractivity contribution < 1.29 is 9.53 Å². The summed E-state index contributed by atoms with van der Waals surface area (Å²) in [6.45, 7) is 14.2. The number of ether oxygens (including phenoxy) is 1. The standard InChI is InChI=1S/C23H37N3O2/c1-5-22(27)28-23(21-9-7-6-8-10-21)17-20(3)26(18-19(23)2)16-15-25-13-11-24(4)12-14-25/h6-10,19-20H,5,11-18H2,1-4H3. The Morgan fingerprint density at radius 2 is 1.79 bits per heavy atom. The normalized spacial score (nSPS) is 30.3. The minimum atomic E-state index is -0.516. The van der Waals surface area contributed by atoms with Gasteiger partial charge in [-0.05, 0) is 19.5 Å². The van der Waals surface area contributed by atoms with Gasteiger partial charge in [0.15, 0.2) is 0 Å². The second-order valence-electron chi connectivity index (χ2n) is 8.68. The molecule has 2 aliphatic heterocycles. The number of rotatable bonds is 6. The molecule has 2 heterocycles. The first kappa shape index (κ1) is 21.3. The molecule has 0 amide bonds. The summed E-state index contributed by atoms with van der Waals surface area (Å²) in [5.74, 6) is 0.155. The Bertz CT molecular complexity index is 630. The summed E-state index contributed by atoms with van der Waals surface area (Å²) < 4.78 is 6.17. The number of nitrogens with zero attached hydrogens (tertiary/aromatic N) is 3. The van der Waals surface area contributed by atoms with Crippen molar-refractivity contribution in [1.82, 2.24) is 14.7 Å². The fraction of sp³-hybridized carbons (Fsp3) is 0.696. The van der Waals surface area contributed by atoms with Crippen LogP contribution in [0.15, 0.2) is 30.3 Å². The molecule has 3 rings (SSSR count). The number of carbonyl (C=O) groups is 1.